The van der Waals surface area contributed by atoms with Crippen LogP contribution in [0.3, 0.4) is 0 Å². The summed E-state index contributed by atoms with van der Waals surface area (Å²) >= 11 is 7.83. The van der Waals surface area contributed by atoms with Gasteiger partial charge >= 0.3 is 0 Å². The van der Waals surface area contributed by atoms with E-state index in [1.54, 1.807) is 0 Å². The third kappa shape index (κ3) is 4.77. The molecule has 0 heterocycles. The van der Waals surface area contributed by atoms with E-state index >= 15 is 0 Å². The Morgan fingerprint density at radius 3 is 2.75 bits per heavy atom. The van der Waals surface area contributed by atoms with Crippen molar-refractivity contribution in [1.29, 1.82) is 0 Å². The molecule has 0 spiro atoms. The quantitative estimate of drug-likeness (QED) is 0.767. The third-order valence-electron chi connectivity index (χ3n) is 2.54. The van der Waals surface area contributed by atoms with Gasteiger partial charge in [0.1, 0.15) is 0 Å². The van der Waals surface area contributed by atoms with Crippen molar-refractivity contribution in [1.82, 2.24) is 5.32 Å². The molecule has 1 nitrogen and oxygen atoms in total. The van der Waals surface area contributed by atoms with E-state index in [-0.39, 0.29) is 0 Å². The maximum Gasteiger partial charge on any atom is 0.0417 e. The van der Waals surface area contributed by atoms with Gasteiger partial charge in [-0.25, -0.2) is 0 Å². The molecule has 2 atom stereocenters. The summed E-state index contributed by atoms with van der Waals surface area (Å²) in [4.78, 5) is 1.24. The Kier molecular flexibility index (Phi) is 6.25. The molecule has 0 saturated carbocycles. The molecule has 0 radical (unpaired) electrons. The van der Waals surface area contributed by atoms with Crippen molar-refractivity contribution in [3.8, 4) is 0 Å². The largest absolute Gasteiger partial charge is 0.313 e. The smallest absolute Gasteiger partial charge is 0.0417 e. The van der Waals surface area contributed by atoms with Gasteiger partial charge in [0.15, 0.2) is 0 Å². The minimum atomic E-state index is 0.518. The van der Waals surface area contributed by atoms with E-state index in [0.29, 0.717) is 11.3 Å². The van der Waals surface area contributed by atoms with Gasteiger partial charge in [-0.1, -0.05) is 31.5 Å². The zero-order valence-electron chi connectivity index (χ0n) is 10.2. The zero-order chi connectivity index (χ0) is 12.0. The lowest BCUT2D eigenvalue weighted by Crippen LogP contribution is -2.34. The molecule has 1 aromatic carbocycles. The fraction of sp³-hybridized carbons (Fsp3) is 0.538. The van der Waals surface area contributed by atoms with Crippen molar-refractivity contribution in [2.24, 2.45) is 0 Å². The van der Waals surface area contributed by atoms with Gasteiger partial charge in [-0.3, -0.25) is 0 Å². The highest BCUT2D eigenvalue weighted by Gasteiger charge is 2.12. The lowest BCUT2D eigenvalue weighted by atomic mass is 10.2. The van der Waals surface area contributed by atoms with Crippen molar-refractivity contribution in [3.63, 3.8) is 0 Å². The summed E-state index contributed by atoms with van der Waals surface area (Å²) in [7, 11) is 0. The van der Waals surface area contributed by atoms with Crippen molar-refractivity contribution in [2.75, 3.05) is 6.54 Å². The minimum absolute atomic E-state index is 0.518. The maximum atomic E-state index is 5.96. The van der Waals surface area contributed by atoms with E-state index in [9.17, 15) is 0 Å². The topological polar surface area (TPSA) is 12.0 Å². The first-order chi connectivity index (χ1) is 7.63. The summed E-state index contributed by atoms with van der Waals surface area (Å²) in [6.45, 7) is 7.76. The average molecular weight is 258 g/mol. The molecule has 0 aromatic heterocycles. The number of hydrogen-bond donors (Lipinski definition) is 1. The van der Waals surface area contributed by atoms with Gasteiger partial charge in [0.25, 0.3) is 0 Å². The molecule has 0 aliphatic heterocycles. The number of hydrogen-bond acceptors (Lipinski definition) is 2. The molecule has 2 unspecified atom stereocenters. The van der Waals surface area contributed by atoms with Crippen molar-refractivity contribution in [2.45, 2.75) is 43.4 Å². The molecule has 0 aliphatic carbocycles. The Morgan fingerprint density at radius 2 is 2.12 bits per heavy atom. The Bertz CT molecular complexity index is 317. The monoisotopic (exact) mass is 257 g/mol. The Hall–Kier alpha value is -0.180. The lowest BCUT2D eigenvalue weighted by molar-refractivity contribution is 0.542. The Balaban J connectivity index is 2.47. The second kappa shape index (κ2) is 7.21. The standard InChI is InChI=1S/C13H20ClNS/c1-4-8-15-10(2)11(3)16-13-7-5-6-12(14)9-13/h5-7,9-11,15H,4,8H2,1-3H3. The minimum Gasteiger partial charge on any atom is -0.313 e. The predicted molar refractivity (Wildman–Crippen MR) is 74.5 cm³/mol. The van der Waals surface area contributed by atoms with Crippen LogP contribution in [0.15, 0.2) is 29.2 Å². The number of nitrogens with one attached hydrogen (secondary N) is 1. The van der Waals surface area contributed by atoms with E-state index in [1.165, 1.54) is 11.3 Å². The molecule has 3 heteroatoms. The van der Waals surface area contributed by atoms with Crippen molar-refractivity contribution in [3.05, 3.63) is 29.3 Å². The summed E-state index contributed by atoms with van der Waals surface area (Å²) in [5.74, 6) is 0. The van der Waals surface area contributed by atoms with Crippen LogP contribution >= 0.6 is 23.4 Å². The summed E-state index contributed by atoms with van der Waals surface area (Å²) < 4.78 is 0. The van der Waals surface area contributed by atoms with Crippen LogP contribution in [0.4, 0.5) is 0 Å². The first-order valence-electron chi connectivity index (χ1n) is 5.79. The second-order valence-electron chi connectivity index (χ2n) is 4.02. The van der Waals surface area contributed by atoms with E-state index < -0.39 is 0 Å². The van der Waals surface area contributed by atoms with Gasteiger partial charge in [0.05, 0.1) is 0 Å². The summed E-state index contributed by atoms with van der Waals surface area (Å²) in [6.07, 6.45) is 1.18. The highest BCUT2D eigenvalue weighted by Crippen LogP contribution is 2.27. The fourth-order valence-corrected chi connectivity index (χ4v) is 2.73. The van der Waals surface area contributed by atoms with Crippen molar-refractivity contribution >= 4 is 23.4 Å². The maximum absolute atomic E-state index is 5.96. The lowest BCUT2D eigenvalue weighted by Gasteiger charge is -2.20. The molecular weight excluding hydrogens is 238 g/mol. The summed E-state index contributed by atoms with van der Waals surface area (Å²) in [6, 6.07) is 8.56. The Morgan fingerprint density at radius 1 is 1.38 bits per heavy atom. The number of thioether (sulfide) groups is 1. The average Bonchev–Trinajstić information content (AvgIpc) is 2.25. The van der Waals surface area contributed by atoms with Crippen molar-refractivity contribution < 1.29 is 0 Å². The molecule has 1 rings (SSSR count). The van der Waals surface area contributed by atoms with Gasteiger partial charge in [-0.05, 0) is 38.1 Å². The van der Waals surface area contributed by atoms with Crippen LogP contribution in [0.25, 0.3) is 0 Å². The van der Waals surface area contributed by atoms with Crippen LogP contribution in [0.2, 0.25) is 5.02 Å². The molecule has 0 fully saturated rings. The van der Waals surface area contributed by atoms with Gasteiger partial charge in [0.2, 0.25) is 0 Å². The fourth-order valence-electron chi connectivity index (χ4n) is 1.39. The SMILES string of the molecule is CCCNC(C)C(C)Sc1cccc(Cl)c1. The number of halogens is 1. The molecule has 0 bridgehead atoms. The predicted octanol–water partition coefficient (Wildman–Crippen LogP) is 4.21. The molecular formula is C13H20ClNS. The zero-order valence-corrected chi connectivity index (χ0v) is 11.7. The van der Waals surface area contributed by atoms with Crippen LogP contribution in [-0.2, 0) is 0 Å². The molecule has 1 aromatic rings. The summed E-state index contributed by atoms with van der Waals surface area (Å²) in [5, 5.41) is 4.87. The molecule has 90 valence electrons. The third-order valence-corrected chi connectivity index (χ3v) is 4.08. The number of benzene rings is 1. The van der Waals surface area contributed by atoms with E-state index in [2.05, 4.69) is 32.2 Å². The highest BCUT2D eigenvalue weighted by atomic mass is 35.5. The molecule has 0 saturated heterocycles. The first-order valence-corrected chi connectivity index (χ1v) is 7.05. The van der Waals surface area contributed by atoms with Gasteiger partial charge in [-0.15, -0.1) is 11.8 Å². The van der Waals surface area contributed by atoms with Crippen LogP contribution in [0.5, 0.6) is 0 Å². The van der Waals surface area contributed by atoms with E-state index in [4.69, 9.17) is 11.6 Å². The highest BCUT2D eigenvalue weighted by molar-refractivity contribution is 8.00. The molecule has 0 aliphatic rings. The summed E-state index contributed by atoms with van der Waals surface area (Å²) in [5.41, 5.74) is 0. The van der Waals surface area contributed by atoms with Crippen LogP contribution < -0.4 is 5.32 Å². The first kappa shape index (κ1) is 13.9. The van der Waals surface area contributed by atoms with Crippen LogP contribution in [0.1, 0.15) is 27.2 Å². The normalized spacial score (nSPS) is 14.8. The van der Waals surface area contributed by atoms with E-state index in [1.807, 2.05) is 30.0 Å². The van der Waals surface area contributed by atoms with E-state index in [0.717, 1.165) is 11.6 Å². The van der Waals surface area contributed by atoms with Gasteiger partial charge < -0.3 is 5.32 Å². The van der Waals surface area contributed by atoms with Crippen LogP contribution in [-0.4, -0.2) is 17.8 Å². The van der Waals surface area contributed by atoms with Gasteiger partial charge in [0, 0.05) is 21.2 Å². The molecule has 1 N–H and O–H groups in total. The molecule has 16 heavy (non-hydrogen) atoms. The van der Waals surface area contributed by atoms with Crippen LogP contribution in [0, 0.1) is 0 Å². The molecule has 0 amide bonds. The second-order valence-corrected chi connectivity index (χ2v) is 5.91. The number of rotatable bonds is 6. The Labute approximate surface area is 108 Å². The van der Waals surface area contributed by atoms with Gasteiger partial charge in [-0.2, -0.15) is 0 Å².